The van der Waals surface area contributed by atoms with Crippen molar-refractivity contribution in [3.8, 4) is 39.5 Å². The van der Waals surface area contributed by atoms with E-state index in [0.29, 0.717) is 33.0 Å². The zero-order chi connectivity index (χ0) is 30.2. The van der Waals surface area contributed by atoms with Crippen molar-refractivity contribution in [3.05, 3.63) is 72.0 Å². The van der Waals surface area contributed by atoms with Gasteiger partial charge in [0.25, 0.3) is 0 Å². The van der Waals surface area contributed by atoms with Crippen LogP contribution in [0.3, 0.4) is 0 Å². The summed E-state index contributed by atoms with van der Waals surface area (Å²) in [6, 6.07) is 5.34. The SMILES string of the molecule is C=CC(=O)NC(C)c1cc(-c2nc(-c3cnn(C4CN(C)C4)c3)c3ccsc3c2-c2c(F)cc(F)cc2OCCO)n[nH]1. The number of aliphatic hydroxyl groups is 1. The Kier molecular flexibility index (Phi) is 7.77. The number of carbonyl (C=O) groups excluding carboxylic acids is 1. The number of amides is 1. The Balaban J connectivity index is 1.57. The highest BCUT2D eigenvalue weighted by atomic mass is 32.1. The minimum absolute atomic E-state index is 0.00195. The molecular weight excluding hydrogens is 576 g/mol. The Bertz CT molecular complexity index is 1830. The lowest BCUT2D eigenvalue weighted by Crippen LogP contribution is -2.45. The Morgan fingerprint density at radius 2 is 2.12 bits per heavy atom. The molecule has 0 spiro atoms. The molecule has 13 heteroatoms. The van der Waals surface area contributed by atoms with E-state index in [1.54, 1.807) is 19.2 Å². The summed E-state index contributed by atoms with van der Waals surface area (Å²) in [5.74, 6) is -2.08. The Morgan fingerprint density at radius 3 is 2.86 bits per heavy atom. The van der Waals surface area contributed by atoms with Crippen molar-refractivity contribution < 1.29 is 23.4 Å². The third kappa shape index (κ3) is 5.42. The lowest BCUT2D eigenvalue weighted by Gasteiger charge is -2.36. The highest BCUT2D eigenvalue weighted by molar-refractivity contribution is 7.18. The van der Waals surface area contributed by atoms with E-state index in [-0.39, 0.29) is 36.5 Å². The number of hydrogen-bond acceptors (Lipinski definition) is 8. The maximum atomic E-state index is 15.8. The van der Waals surface area contributed by atoms with Gasteiger partial charge in [-0.05, 0) is 37.6 Å². The molecule has 1 saturated heterocycles. The van der Waals surface area contributed by atoms with E-state index in [2.05, 4.69) is 39.1 Å². The Hall–Kier alpha value is -4.46. The molecule has 6 rings (SSSR count). The number of nitrogens with zero attached hydrogens (tertiary/aromatic N) is 5. The van der Waals surface area contributed by atoms with Crippen LogP contribution in [0.1, 0.15) is 24.7 Å². The number of benzene rings is 1. The van der Waals surface area contributed by atoms with Crippen LogP contribution in [0.15, 0.2) is 54.7 Å². The van der Waals surface area contributed by atoms with Gasteiger partial charge in [-0.1, -0.05) is 6.58 Å². The van der Waals surface area contributed by atoms with Gasteiger partial charge in [0.05, 0.1) is 41.8 Å². The van der Waals surface area contributed by atoms with Gasteiger partial charge in [-0.2, -0.15) is 10.2 Å². The number of likely N-dealkylation sites (N-methyl/N-ethyl adjacent to an activating group) is 1. The average molecular weight is 606 g/mol. The number of H-pyrrole nitrogens is 1. The lowest BCUT2D eigenvalue weighted by molar-refractivity contribution is -0.117. The number of nitrogens with one attached hydrogen (secondary N) is 2. The molecular formula is C30H29F2N7O3S. The number of aromatic amines is 1. The first-order valence-corrected chi connectivity index (χ1v) is 14.5. The normalized spacial score (nSPS) is 14.5. The maximum Gasteiger partial charge on any atom is 0.243 e. The number of aliphatic hydroxyl groups excluding tert-OH is 1. The highest BCUT2D eigenvalue weighted by Gasteiger charge is 2.29. The van der Waals surface area contributed by atoms with E-state index in [1.807, 2.05) is 22.3 Å². The van der Waals surface area contributed by atoms with Gasteiger partial charge in [-0.3, -0.25) is 14.6 Å². The molecule has 10 nitrogen and oxygen atoms in total. The number of hydrogen-bond donors (Lipinski definition) is 3. The van der Waals surface area contributed by atoms with Gasteiger partial charge in [0.15, 0.2) is 0 Å². The van der Waals surface area contributed by atoms with Crippen molar-refractivity contribution in [3.63, 3.8) is 0 Å². The van der Waals surface area contributed by atoms with Gasteiger partial charge < -0.3 is 20.1 Å². The summed E-state index contributed by atoms with van der Waals surface area (Å²) in [7, 11) is 2.05. The number of pyridine rings is 1. The molecule has 0 saturated carbocycles. The van der Waals surface area contributed by atoms with Gasteiger partial charge in [0.1, 0.15) is 35.4 Å². The summed E-state index contributed by atoms with van der Waals surface area (Å²) in [5, 5.41) is 26.9. The average Bonchev–Trinajstić information content (AvgIpc) is 3.74. The number of carbonyl (C=O) groups is 1. The number of likely N-dealkylation sites (tertiary alicyclic amines) is 1. The third-order valence-electron chi connectivity index (χ3n) is 7.37. The van der Waals surface area contributed by atoms with Crippen LogP contribution in [0.5, 0.6) is 5.75 Å². The molecule has 0 radical (unpaired) electrons. The molecule has 0 bridgehead atoms. The molecule has 222 valence electrons. The number of fused-ring (bicyclic) bond motifs is 1. The molecule has 1 unspecified atom stereocenters. The maximum absolute atomic E-state index is 15.8. The second-order valence-electron chi connectivity index (χ2n) is 10.4. The molecule has 1 aromatic carbocycles. The number of aromatic nitrogens is 5. The standard InChI is InChI=1S/C30H29F2N7O3S/c1-4-25(41)34-16(2)22-11-23(37-36-22)29-27(26-21(32)9-18(31)10-24(26)42-7-6-40)30-20(5-8-43-30)28(35-29)17-12-33-39(13-17)19-14-38(3)15-19/h4-5,8-13,16,19,40H,1,6-7,14-15H2,2-3H3,(H,34,41)(H,36,37). The largest absolute Gasteiger partial charge is 0.490 e. The van der Waals surface area contributed by atoms with Crippen molar-refractivity contribution in [2.75, 3.05) is 33.4 Å². The molecule has 5 aromatic rings. The topological polar surface area (TPSA) is 121 Å². The van der Waals surface area contributed by atoms with Gasteiger partial charge in [0.2, 0.25) is 5.91 Å². The summed E-state index contributed by atoms with van der Waals surface area (Å²) in [5.41, 5.74) is 3.08. The van der Waals surface area contributed by atoms with E-state index in [0.717, 1.165) is 36.2 Å². The second kappa shape index (κ2) is 11.7. The first-order valence-electron chi connectivity index (χ1n) is 13.6. The summed E-state index contributed by atoms with van der Waals surface area (Å²) in [6.07, 6.45) is 4.90. The number of halogens is 2. The smallest absolute Gasteiger partial charge is 0.243 e. The molecule has 5 heterocycles. The van der Waals surface area contributed by atoms with Gasteiger partial charge >= 0.3 is 0 Å². The minimum Gasteiger partial charge on any atom is -0.490 e. The predicted molar refractivity (Wildman–Crippen MR) is 160 cm³/mol. The molecule has 43 heavy (non-hydrogen) atoms. The number of ether oxygens (including phenoxy) is 1. The van der Waals surface area contributed by atoms with Crippen LogP contribution in [0.2, 0.25) is 0 Å². The summed E-state index contributed by atoms with van der Waals surface area (Å²) < 4.78 is 38.4. The third-order valence-corrected chi connectivity index (χ3v) is 8.30. The van der Waals surface area contributed by atoms with Crippen molar-refractivity contribution in [2.45, 2.75) is 19.0 Å². The zero-order valence-electron chi connectivity index (χ0n) is 23.5. The monoisotopic (exact) mass is 605 g/mol. The van der Waals surface area contributed by atoms with Crippen LogP contribution in [0.25, 0.3) is 43.9 Å². The number of rotatable bonds is 10. The van der Waals surface area contributed by atoms with Crippen LogP contribution in [0, 0.1) is 11.6 Å². The van der Waals surface area contributed by atoms with E-state index in [1.165, 1.54) is 17.4 Å². The second-order valence-corrected chi connectivity index (χ2v) is 11.3. The highest BCUT2D eigenvalue weighted by Crippen LogP contribution is 2.47. The van der Waals surface area contributed by atoms with Crippen molar-refractivity contribution >= 4 is 27.3 Å². The first-order chi connectivity index (χ1) is 20.8. The zero-order valence-corrected chi connectivity index (χ0v) is 24.3. The molecule has 3 N–H and O–H groups in total. The minimum atomic E-state index is -0.845. The summed E-state index contributed by atoms with van der Waals surface area (Å²) >= 11 is 1.38. The van der Waals surface area contributed by atoms with Crippen LogP contribution < -0.4 is 10.1 Å². The molecule has 1 aliphatic rings. The fraction of sp³-hybridized carbons (Fsp3) is 0.267. The molecule has 4 aromatic heterocycles. The number of thiophene rings is 1. The van der Waals surface area contributed by atoms with Gasteiger partial charge in [-0.25, -0.2) is 13.8 Å². The van der Waals surface area contributed by atoms with Gasteiger partial charge in [0, 0.05) is 52.6 Å². The van der Waals surface area contributed by atoms with Crippen LogP contribution in [-0.4, -0.2) is 74.2 Å². The first kappa shape index (κ1) is 28.6. The molecule has 1 atom stereocenters. The van der Waals surface area contributed by atoms with E-state index in [9.17, 15) is 14.3 Å². The summed E-state index contributed by atoms with van der Waals surface area (Å²) in [6.45, 7) is 6.56. The van der Waals surface area contributed by atoms with Crippen LogP contribution >= 0.6 is 11.3 Å². The Morgan fingerprint density at radius 1 is 1.30 bits per heavy atom. The van der Waals surface area contributed by atoms with Crippen molar-refractivity contribution in [2.24, 2.45) is 0 Å². The quantitative estimate of drug-likeness (QED) is 0.197. The molecule has 1 amide bonds. The van der Waals surface area contributed by atoms with Crippen LogP contribution in [0.4, 0.5) is 8.78 Å². The fourth-order valence-electron chi connectivity index (χ4n) is 5.25. The Labute approximate surface area is 249 Å². The molecule has 1 fully saturated rings. The molecule has 0 aliphatic carbocycles. The lowest BCUT2D eigenvalue weighted by atomic mass is 9.97. The van der Waals surface area contributed by atoms with Crippen LogP contribution in [-0.2, 0) is 4.79 Å². The van der Waals surface area contributed by atoms with Gasteiger partial charge in [-0.15, -0.1) is 11.3 Å². The molecule has 1 aliphatic heterocycles. The van der Waals surface area contributed by atoms with E-state index >= 15 is 4.39 Å². The predicted octanol–water partition coefficient (Wildman–Crippen LogP) is 4.72. The van der Waals surface area contributed by atoms with Crippen molar-refractivity contribution in [1.82, 2.24) is 35.2 Å². The van der Waals surface area contributed by atoms with E-state index < -0.39 is 17.7 Å². The van der Waals surface area contributed by atoms with Crippen molar-refractivity contribution in [1.29, 1.82) is 0 Å². The fourth-order valence-corrected chi connectivity index (χ4v) is 6.20. The summed E-state index contributed by atoms with van der Waals surface area (Å²) in [4.78, 5) is 19.2. The van der Waals surface area contributed by atoms with E-state index in [4.69, 9.17) is 9.72 Å².